The van der Waals surface area contributed by atoms with E-state index in [9.17, 15) is 13.2 Å². The Kier molecular flexibility index (Phi) is 6.76. The van der Waals surface area contributed by atoms with E-state index in [0.29, 0.717) is 31.7 Å². The highest BCUT2D eigenvalue weighted by Crippen LogP contribution is 2.25. The Balaban J connectivity index is 1.63. The SMILES string of the molecule is COc1ccc(S(=O)(=O)N2CCCC(C(=O)NCc3cccc(OC)c3)C2)cc1. The average Bonchev–Trinajstić information content (AvgIpc) is 2.77. The normalized spacial score (nSPS) is 17.5. The first-order valence-electron chi connectivity index (χ1n) is 9.49. The van der Waals surface area contributed by atoms with Crippen LogP contribution in [-0.2, 0) is 21.4 Å². The fraction of sp³-hybridized carbons (Fsp3) is 0.381. The molecule has 1 fully saturated rings. The minimum Gasteiger partial charge on any atom is -0.497 e. The number of sulfonamides is 1. The molecule has 0 aromatic heterocycles. The second-order valence-corrected chi connectivity index (χ2v) is 8.89. The molecule has 3 rings (SSSR count). The molecule has 1 amide bonds. The van der Waals surface area contributed by atoms with Gasteiger partial charge in [0, 0.05) is 19.6 Å². The molecule has 0 aliphatic carbocycles. The Morgan fingerprint density at radius 2 is 1.83 bits per heavy atom. The van der Waals surface area contributed by atoms with Crippen molar-refractivity contribution in [2.24, 2.45) is 5.92 Å². The summed E-state index contributed by atoms with van der Waals surface area (Å²) >= 11 is 0. The van der Waals surface area contributed by atoms with Crippen molar-refractivity contribution in [3.8, 4) is 11.5 Å². The van der Waals surface area contributed by atoms with Gasteiger partial charge in [0.15, 0.2) is 0 Å². The summed E-state index contributed by atoms with van der Waals surface area (Å²) in [6, 6.07) is 13.8. The van der Waals surface area contributed by atoms with Crippen LogP contribution in [0, 0.1) is 5.92 Å². The molecule has 1 unspecified atom stereocenters. The van der Waals surface area contributed by atoms with Crippen LogP contribution in [0.5, 0.6) is 11.5 Å². The smallest absolute Gasteiger partial charge is 0.243 e. The highest BCUT2D eigenvalue weighted by molar-refractivity contribution is 7.89. The summed E-state index contributed by atoms with van der Waals surface area (Å²) in [6.45, 7) is 0.962. The second kappa shape index (κ2) is 9.28. The first-order chi connectivity index (χ1) is 13.9. The van der Waals surface area contributed by atoms with Crippen LogP contribution in [-0.4, -0.2) is 45.9 Å². The van der Waals surface area contributed by atoms with Gasteiger partial charge in [0.25, 0.3) is 0 Å². The monoisotopic (exact) mass is 418 g/mol. The highest BCUT2D eigenvalue weighted by atomic mass is 32.2. The summed E-state index contributed by atoms with van der Waals surface area (Å²) in [4.78, 5) is 12.8. The minimum absolute atomic E-state index is 0.137. The van der Waals surface area contributed by atoms with Crippen molar-refractivity contribution >= 4 is 15.9 Å². The molecule has 29 heavy (non-hydrogen) atoms. The summed E-state index contributed by atoms with van der Waals surface area (Å²) in [5.74, 6) is 0.813. The van der Waals surface area contributed by atoms with E-state index in [1.165, 1.54) is 23.5 Å². The lowest BCUT2D eigenvalue weighted by Gasteiger charge is -2.31. The molecule has 1 N–H and O–H groups in total. The molecule has 1 saturated heterocycles. The van der Waals surface area contributed by atoms with Crippen LogP contribution in [0.1, 0.15) is 18.4 Å². The zero-order valence-electron chi connectivity index (χ0n) is 16.6. The number of nitrogens with one attached hydrogen (secondary N) is 1. The van der Waals surface area contributed by atoms with Crippen molar-refractivity contribution < 1.29 is 22.7 Å². The molecule has 0 radical (unpaired) electrons. The highest BCUT2D eigenvalue weighted by Gasteiger charge is 2.33. The molecule has 156 valence electrons. The lowest BCUT2D eigenvalue weighted by molar-refractivity contribution is -0.126. The van der Waals surface area contributed by atoms with Gasteiger partial charge in [-0.15, -0.1) is 0 Å². The minimum atomic E-state index is -3.65. The van der Waals surface area contributed by atoms with Crippen molar-refractivity contribution in [2.75, 3.05) is 27.3 Å². The molecule has 7 nitrogen and oxygen atoms in total. The maximum Gasteiger partial charge on any atom is 0.243 e. The van der Waals surface area contributed by atoms with Crippen molar-refractivity contribution in [1.29, 1.82) is 0 Å². The number of ether oxygens (including phenoxy) is 2. The zero-order valence-corrected chi connectivity index (χ0v) is 17.4. The van der Waals surface area contributed by atoms with Crippen molar-refractivity contribution in [3.63, 3.8) is 0 Å². The lowest BCUT2D eigenvalue weighted by Crippen LogP contribution is -2.45. The third-order valence-corrected chi connectivity index (χ3v) is 6.93. The van der Waals surface area contributed by atoms with Crippen LogP contribution in [0.15, 0.2) is 53.4 Å². The number of rotatable bonds is 7. The van der Waals surface area contributed by atoms with E-state index >= 15 is 0 Å². The van der Waals surface area contributed by atoms with Gasteiger partial charge in [0.05, 0.1) is 25.0 Å². The van der Waals surface area contributed by atoms with Crippen LogP contribution in [0.4, 0.5) is 0 Å². The lowest BCUT2D eigenvalue weighted by atomic mass is 9.99. The second-order valence-electron chi connectivity index (χ2n) is 6.95. The third-order valence-electron chi connectivity index (χ3n) is 5.05. The van der Waals surface area contributed by atoms with Crippen molar-refractivity contribution in [3.05, 3.63) is 54.1 Å². The summed E-state index contributed by atoms with van der Waals surface area (Å²) in [5, 5.41) is 2.91. The number of piperidine rings is 1. The summed E-state index contributed by atoms with van der Waals surface area (Å²) in [6.07, 6.45) is 1.31. The zero-order chi connectivity index (χ0) is 20.9. The number of carbonyl (C=O) groups excluding carboxylic acids is 1. The van der Waals surface area contributed by atoms with Gasteiger partial charge in [-0.25, -0.2) is 8.42 Å². The molecule has 0 spiro atoms. The standard InChI is InChI=1S/C21H26N2O5S/c1-27-18-8-10-20(11-9-18)29(25,26)23-12-4-6-17(15-23)21(24)22-14-16-5-3-7-19(13-16)28-2/h3,5,7-11,13,17H,4,6,12,14-15H2,1-2H3,(H,22,24). The predicted octanol–water partition coefficient (Wildman–Crippen LogP) is 2.42. The van der Waals surface area contributed by atoms with Crippen LogP contribution >= 0.6 is 0 Å². The summed E-state index contributed by atoms with van der Waals surface area (Å²) in [5.41, 5.74) is 0.927. The Hall–Kier alpha value is -2.58. The molecule has 0 saturated carbocycles. The quantitative estimate of drug-likeness (QED) is 0.747. The Morgan fingerprint density at radius 1 is 1.10 bits per heavy atom. The maximum absolute atomic E-state index is 12.9. The van der Waals surface area contributed by atoms with Gasteiger partial charge in [-0.3, -0.25) is 4.79 Å². The molecule has 2 aromatic rings. The maximum atomic E-state index is 12.9. The number of hydrogen-bond donors (Lipinski definition) is 1. The third kappa shape index (κ3) is 5.07. The van der Waals surface area contributed by atoms with E-state index in [1.54, 1.807) is 19.2 Å². The van der Waals surface area contributed by atoms with Gasteiger partial charge >= 0.3 is 0 Å². The molecule has 1 aliphatic rings. The largest absolute Gasteiger partial charge is 0.497 e. The molecule has 2 aromatic carbocycles. The van der Waals surface area contributed by atoms with Crippen LogP contribution < -0.4 is 14.8 Å². The Labute approximate surface area is 171 Å². The van der Waals surface area contributed by atoms with E-state index < -0.39 is 10.0 Å². The number of carbonyl (C=O) groups is 1. The fourth-order valence-electron chi connectivity index (χ4n) is 3.39. The molecular formula is C21H26N2O5S. The van der Waals surface area contributed by atoms with Crippen LogP contribution in [0.25, 0.3) is 0 Å². The van der Waals surface area contributed by atoms with Gasteiger partial charge < -0.3 is 14.8 Å². The molecule has 0 bridgehead atoms. The van der Waals surface area contributed by atoms with E-state index in [0.717, 1.165) is 11.3 Å². The fourth-order valence-corrected chi connectivity index (χ4v) is 4.91. The van der Waals surface area contributed by atoms with Gasteiger partial charge in [-0.05, 0) is 54.8 Å². The first-order valence-corrected chi connectivity index (χ1v) is 10.9. The van der Waals surface area contributed by atoms with E-state index in [4.69, 9.17) is 9.47 Å². The number of methoxy groups -OCH3 is 2. The van der Waals surface area contributed by atoms with E-state index in [1.807, 2.05) is 24.3 Å². The predicted molar refractivity (Wildman–Crippen MR) is 109 cm³/mol. The van der Waals surface area contributed by atoms with E-state index in [-0.39, 0.29) is 23.3 Å². The van der Waals surface area contributed by atoms with Gasteiger partial charge in [0.1, 0.15) is 11.5 Å². The number of hydrogen-bond acceptors (Lipinski definition) is 5. The van der Waals surface area contributed by atoms with Crippen molar-refractivity contribution in [1.82, 2.24) is 9.62 Å². The average molecular weight is 419 g/mol. The van der Waals surface area contributed by atoms with Crippen LogP contribution in [0.2, 0.25) is 0 Å². The summed E-state index contributed by atoms with van der Waals surface area (Å²) < 4.78 is 37.6. The van der Waals surface area contributed by atoms with E-state index in [2.05, 4.69) is 5.32 Å². The van der Waals surface area contributed by atoms with Gasteiger partial charge in [-0.2, -0.15) is 4.31 Å². The van der Waals surface area contributed by atoms with Crippen LogP contribution in [0.3, 0.4) is 0 Å². The number of amides is 1. The molecular weight excluding hydrogens is 392 g/mol. The van der Waals surface area contributed by atoms with Crippen molar-refractivity contribution in [2.45, 2.75) is 24.3 Å². The molecule has 1 aliphatic heterocycles. The topological polar surface area (TPSA) is 84.9 Å². The molecule has 1 atom stereocenters. The number of benzene rings is 2. The molecule has 1 heterocycles. The van der Waals surface area contributed by atoms with Gasteiger partial charge in [0.2, 0.25) is 15.9 Å². The van der Waals surface area contributed by atoms with Gasteiger partial charge in [-0.1, -0.05) is 12.1 Å². The summed E-state index contributed by atoms with van der Waals surface area (Å²) in [7, 11) is -0.523. The molecule has 8 heteroatoms. The Bertz CT molecular complexity index is 944. The number of nitrogens with zero attached hydrogens (tertiary/aromatic N) is 1. The Morgan fingerprint density at radius 3 is 2.52 bits per heavy atom. The first kappa shape index (κ1) is 21.1.